The van der Waals surface area contributed by atoms with Crippen LogP contribution in [0.15, 0.2) is 84.8 Å². The molecule has 3 N–H and O–H groups in total. The van der Waals surface area contributed by atoms with Crippen LogP contribution in [0.4, 0.5) is 5.69 Å². The number of hydrogen-bond donors (Lipinski definition) is 3. The summed E-state index contributed by atoms with van der Waals surface area (Å²) in [6.07, 6.45) is 7.48. The Morgan fingerprint density at radius 3 is 2.32 bits per heavy atom. The number of carboxylic acids is 1. The maximum absolute atomic E-state index is 13.0. The van der Waals surface area contributed by atoms with Crippen molar-refractivity contribution >= 4 is 44.2 Å². The number of aromatic nitrogens is 1. The Balaban J connectivity index is 2.07. The zero-order valence-electron chi connectivity index (χ0n) is 19.4. The number of allylic oxidation sites excluding steroid dienone is 4. The van der Waals surface area contributed by atoms with Crippen LogP contribution in [0, 0.1) is 0 Å². The van der Waals surface area contributed by atoms with Crippen LogP contribution in [0.3, 0.4) is 0 Å². The van der Waals surface area contributed by atoms with E-state index in [1.54, 1.807) is 48.6 Å². The first-order valence-corrected chi connectivity index (χ1v) is 12.1. The van der Waals surface area contributed by atoms with E-state index in [0.717, 1.165) is 11.6 Å². The van der Waals surface area contributed by atoms with Crippen molar-refractivity contribution in [3.05, 3.63) is 96.7 Å². The summed E-state index contributed by atoms with van der Waals surface area (Å²) in [5.41, 5.74) is 4.01. The standard InChI is InChI=1S/C27H28N2O4S/c1-6-8-18(7-2)26-22-17-20(11-14-23(22)28-24(26)15-16-25(30)31)29-34(32,33)21-12-9-19(10-13-21)27(3,4)5/h6-17,28-29H,1-2H2,3-5H3,(H,30,31)/b16-15+,18-8+. The van der Waals surface area contributed by atoms with Gasteiger partial charge in [-0.15, -0.1) is 0 Å². The summed E-state index contributed by atoms with van der Waals surface area (Å²) in [5, 5.41) is 9.76. The Hall–Kier alpha value is -3.84. The molecule has 0 amide bonds. The largest absolute Gasteiger partial charge is 0.478 e. The number of carboxylic acid groups (broad SMARTS) is 1. The van der Waals surface area contributed by atoms with Crippen molar-refractivity contribution < 1.29 is 18.3 Å². The Morgan fingerprint density at radius 2 is 1.76 bits per heavy atom. The lowest BCUT2D eigenvalue weighted by Crippen LogP contribution is -2.14. The summed E-state index contributed by atoms with van der Waals surface area (Å²) in [4.78, 5) is 14.4. The van der Waals surface area contributed by atoms with Gasteiger partial charge in [0.05, 0.1) is 4.90 Å². The van der Waals surface area contributed by atoms with Crippen molar-refractivity contribution in [3.63, 3.8) is 0 Å². The van der Waals surface area contributed by atoms with Crippen LogP contribution >= 0.6 is 0 Å². The van der Waals surface area contributed by atoms with E-state index < -0.39 is 16.0 Å². The van der Waals surface area contributed by atoms with Crippen molar-refractivity contribution in [1.29, 1.82) is 0 Å². The molecule has 176 valence electrons. The van der Waals surface area contributed by atoms with Gasteiger partial charge >= 0.3 is 5.97 Å². The molecular formula is C27H28N2O4S. The average molecular weight is 477 g/mol. The summed E-state index contributed by atoms with van der Waals surface area (Å²) < 4.78 is 28.7. The van der Waals surface area contributed by atoms with Gasteiger partial charge in [0.2, 0.25) is 0 Å². The minimum absolute atomic E-state index is 0.0833. The molecular weight excluding hydrogens is 448 g/mol. The lowest BCUT2D eigenvalue weighted by atomic mass is 9.87. The van der Waals surface area contributed by atoms with Crippen molar-refractivity contribution in [2.75, 3.05) is 4.72 Å². The second-order valence-electron chi connectivity index (χ2n) is 8.79. The van der Waals surface area contributed by atoms with Gasteiger partial charge in [0.15, 0.2) is 0 Å². The van der Waals surface area contributed by atoms with Gasteiger partial charge in [0.25, 0.3) is 10.0 Å². The molecule has 7 heteroatoms. The molecule has 0 atom stereocenters. The van der Waals surface area contributed by atoms with Crippen LogP contribution in [0.2, 0.25) is 0 Å². The molecule has 0 saturated heterocycles. The van der Waals surface area contributed by atoms with Gasteiger partial charge in [0, 0.05) is 33.9 Å². The molecule has 3 rings (SSSR count). The molecule has 0 unspecified atom stereocenters. The summed E-state index contributed by atoms with van der Waals surface area (Å²) in [7, 11) is -3.81. The normalized spacial score (nSPS) is 12.7. The number of aromatic amines is 1. The molecule has 2 aromatic carbocycles. The number of fused-ring (bicyclic) bond motifs is 1. The second-order valence-corrected chi connectivity index (χ2v) is 10.5. The highest BCUT2D eigenvalue weighted by Gasteiger charge is 2.19. The number of anilines is 1. The van der Waals surface area contributed by atoms with E-state index in [0.29, 0.717) is 33.4 Å². The molecule has 1 heterocycles. The summed E-state index contributed by atoms with van der Waals surface area (Å²) >= 11 is 0. The average Bonchev–Trinajstić information content (AvgIpc) is 3.13. The number of H-pyrrole nitrogens is 1. The molecule has 1 aromatic heterocycles. The number of benzene rings is 2. The fourth-order valence-corrected chi connectivity index (χ4v) is 4.64. The number of rotatable bonds is 8. The van der Waals surface area contributed by atoms with E-state index in [2.05, 4.69) is 43.6 Å². The predicted octanol–water partition coefficient (Wildman–Crippen LogP) is 6.12. The number of carbonyl (C=O) groups is 1. The van der Waals surface area contributed by atoms with E-state index in [1.807, 2.05) is 12.1 Å². The fourth-order valence-electron chi connectivity index (χ4n) is 3.60. The first-order valence-electron chi connectivity index (χ1n) is 10.6. The highest BCUT2D eigenvalue weighted by molar-refractivity contribution is 7.92. The minimum atomic E-state index is -3.81. The van der Waals surface area contributed by atoms with Crippen molar-refractivity contribution in [1.82, 2.24) is 4.98 Å². The molecule has 6 nitrogen and oxygen atoms in total. The van der Waals surface area contributed by atoms with Gasteiger partial charge in [-0.3, -0.25) is 4.72 Å². The van der Waals surface area contributed by atoms with Crippen LogP contribution in [0.25, 0.3) is 22.6 Å². The molecule has 34 heavy (non-hydrogen) atoms. The number of sulfonamides is 1. The van der Waals surface area contributed by atoms with E-state index in [1.165, 1.54) is 6.08 Å². The Kier molecular flexibility index (Phi) is 6.98. The zero-order valence-corrected chi connectivity index (χ0v) is 20.2. The topological polar surface area (TPSA) is 99.3 Å². The Labute approximate surface area is 200 Å². The molecule has 0 saturated carbocycles. The first kappa shape index (κ1) is 24.8. The van der Waals surface area contributed by atoms with Gasteiger partial charge in [-0.05, 0) is 53.0 Å². The summed E-state index contributed by atoms with van der Waals surface area (Å²) in [6, 6.07) is 11.9. The lowest BCUT2D eigenvalue weighted by Gasteiger charge is -2.19. The number of aliphatic carboxylic acids is 1. The van der Waals surface area contributed by atoms with E-state index in [4.69, 9.17) is 5.11 Å². The van der Waals surface area contributed by atoms with E-state index in [-0.39, 0.29) is 10.3 Å². The predicted molar refractivity (Wildman–Crippen MR) is 139 cm³/mol. The monoisotopic (exact) mass is 476 g/mol. The van der Waals surface area contributed by atoms with Gasteiger partial charge in [0.1, 0.15) is 0 Å². The van der Waals surface area contributed by atoms with E-state index in [9.17, 15) is 13.2 Å². The minimum Gasteiger partial charge on any atom is -0.478 e. The molecule has 0 bridgehead atoms. The van der Waals surface area contributed by atoms with Crippen molar-refractivity contribution in [3.8, 4) is 0 Å². The number of nitrogens with one attached hydrogen (secondary N) is 2. The van der Waals surface area contributed by atoms with Crippen LogP contribution < -0.4 is 4.72 Å². The molecule has 0 aliphatic heterocycles. The molecule has 0 radical (unpaired) electrons. The van der Waals surface area contributed by atoms with Gasteiger partial charge in [-0.25, -0.2) is 13.2 Å². The smallest absolute Gasteiger partial charge is 0.328 e. The highest BCUT2D eigenvalue weighted by Crippen LogP contribution is 2.33. The van der Waals surface area contributed by atoms with Crippen LogP contribution in [0.1, 0.15) is 37.6 Å². The van der Waals surface area contributed by atoms with E-state index >= 15 is 0 Å². The second kappa shape index (κ2) is 9.57. The maximum Gasteiger partial charge on any atom is 0.328 e. The third kappa shape index (κ3) is 5.38. The lowest BCUT2D eigenvalue weighted by molar-refractivity contribution is -0.131. The molecule has 0 spiro atoms. The van der Waals surface area contributed by atoms with Crippen LogP contribution in [-0.4, -0.2) is 24.5 Å². The molecule has 0 aliphatic rings. The number of hydrogen-bond acceptors (Lipinski definition) is 3. The van der Waals surface area contributed by atoms with Crippen LogP contribution in [0.5, 0.6) is 0 Å². The quantitative estimate of drug-likeness (QED) is 0.269. The zero-order chi connectivity index (χ0) is 25.1. The summed E-state index contributed by atoms with van der Waals surface area (Å²) in [6.45, 7) is 13.8. The molecule has 0 fully saturated rings. The Bertz CT molecular complexity index is 1420. The van der Waals surface area contributed by atoms with Crippen LogP contribution in [-0.2, 0) is 20.2 Å². The fraction of sp³-hybridized carbons (Fsp3) is 0.148. The molecule has 0 aliphatic carbocycles. The highest BCUT2D eigenvalue weighted by atomic mass is 32.2. The maximum atomic E-state index is 13.0. The third-order valence-electron chi connectivity index (χ3n) is 5.31. The SMILES string of the molecule is C=C/C=C(\C=C)c1c(/C=C/C(=O)O)[nH]c2ccc(NS(=O)(=O)c3ccc(C(C)(C)C)cc3)cc12. The van der Waals surface area contributed by atoms with Crippen molar-refractivity contribution in [2.45, 2.75) is 31.1 Å². The van der Waals surface area contributed by atoms with Crippen molar-refractivity contribution in [2.24, 2.45) is 0 Å². The first-order chi connectivity index (χ1) is 16.0. The Morgan fingerprint density at radius 1 is 1.09 bits per heavy atom. The molecule has 3 aromatic rings. The van der Waals surface area contributed by atoms with Gasteiger partial charge in [-0.2, -0.15) is 0 Å². The summed E-state index contributed by atoms with van der Waals surface area (Å²) in [5.74, 6) is -1.08. The van der Waals surface area contributed by atoms with Gasteiger partial charge in [-0.1, -0.05) is 64.3 Å². The van der Waals surface area contributed by atoms with Gasteiger partial charge < -0.3 is 10.1 Å². The third-order valence-corrected chi connectivity index (χ3v) is 6.71.